The number of rotatable bonds is 5. The fourth-order valence-corrected chi connectivity index (χ4v) is 1.75. The molecule has 0 radical (unpaired) electrons. The summed E-state index contributed by atoms with van der Waals surface area (Å²) in [6.07, 6.45) is 2.12. The summed E-state index contributed by atoms with van der Waals surface area (Å²) in [5.41, 5.74) is 6.67. The van der Waals surface area contributed by atoms with Crippen molar-refractivity contribution in [2.75, 3.05) is 12.3 Å². The number of anilines is 1. The van der Waals surface area contributed by atoms with E-state index in [1.165, 1.54) is 0 Å². The average Bonchev–Trinajstić information content (AvgIpc) is 2.28. The number of nitrogens with zero attached hydrogens (tertiary/aromatic N) is 1. The number of carbonyl (C=O) groups excluding carboxylic acids is 1. The number of nitrogens with one attached hydrogen (secondary N) is 1. The molecule has 5 heteroatoms. The van der Waals surface area contributed by atoms with Gasteiger partial charge in [0.2, 0.25) is 0 Å². The van der Waals surface area contributed by atoms with Crippen LogP contribution in [0.1, 0.15) is 29.6 Å². The van der Waals surface area contributed by atoms with Crippen molar-refractivity contribution in [3.8, 4) is 6.07 Å². The van der Waals surface area contributed by atoms with Crippen LogP contribution in [0.2, 0.25) is 0 Å². The number of amides is 1. The number of nitriles is 1. The van der Waals surface area contributed by atoms with Crippen LogP contribution in [0.5, 0.6) is 0 Å². The van der Waals surface area contributed by atoms with Crippen molar-refractivity contribution in [1.82, 2.24) is 5.32 Å². The van der Waals surface area contributed by atoms with Gasteiger partial charge in [0.25, 0.3) is 5.91 Å². The molecule has 1 aromatic carbocycles. The van der Waals surface area contributed by atoms with Crippen LogP contribution in [0.15, 0.2) is 22.7 Å². The van der Waals surface area contributed by atoms with E-state index < -0.39 is 0 Å². The molecular weight excluding hydrogens is 282 g/mol. The Kier molecular flexibility index (Phi) is 5.50. The minimum Gasteiger partial charge on any atom is -0.398 e. The zero-order chi connectivity index (χ0) is 12.7. The van der Waals surface area contributed by atoms with Gasteiger partial charge in [0.15, 0.2) is 0 Å². The van der Waals surface area contributed by atoms with Crippen LogP contribution in [-0.2, 0) is 0 Å². The number of nitrogens with two attached hydrogens (primary N) is 1. The van der Waals surface area contributed by atoms with Crippen molar-refractivity contribution in [3.63, 3.8) is 0 Å². The molecule has 0 heterocycles. The van der Waals surface area contributed by atoms with Crippen LogP contribution in [-0.4, -0.2) is 12.5 Å². The zero-order valence-electron chi connectivity index (χ0n) is 9.37. The van der Waals surface area contributed by atoms with Gasteiger partial charge in [-0.1, -0.05) is 15.9 Å². The molecule has 17 heavy (non-hydrogen) atoms. The Labute approximate surface area is 109 Å². The Morgan fingerprint density at radius 2 is 2.24 bits per heavy atom. The van der Waals surface area contributed by atoms with Crippen molar-refractivity contribution in [1.29, 1.82) is 5.26 Å². The smallest absolute Gasteiger partial charge is 0.253 e. The molecule has 0 aliphatic rings. The topological polar surface area (TPSA) is 78.9 Å². The van der Waals surface area contributed by atoms with E-state index in [9.17, 15) is 4.79 Å². The first-order valence-corrected chi connectivity index (χ1v) is 6.14. The number of benzene rings is 1. The van der Waals surface area contributed by atoms with Gasteiger partial charge in [-0.2, -0.15) is 5.26 Å². The highest BCUT2D eigenvalue weighted by Gasteiger charge is 2.08. The maximum atomic E-state index is 11.7. The lowest BCUT2D eigenvalue weighted by atomic mass is 10.1. The molecule has 0 spiro atoms. The summed E-state index contributed by atoms with van der Waals surface area (Å²) in [4.78, 5) is 11.7. The van der Waals surface area contributed by atoms with Crippen LogP contribution in [0.3, 0.4) is 0 Å². The van der Waals surface area contributed by atoms with E-state index in [2.05, 4.69) is 27.3 Å². The first-order chi connectivity index (χ1) is 8.15. The van der Waals surface area contributed by atoms with Crippen molar-refractivity contribution in [2.24, 2.45) is 0 Å². The molecule has 0 atom stereocenters. The first kappa shape index (κ1) is 13.5. The molecule has 0 saturated heterocycles. The summed E-state index contributed by atoms with van der Waals surface area (Å²) in [5, 5.41) is 11.1. The normalized spacial score (nSPS) is 9.65. The second kappa shape index (κ2) is 6.92. The third kappa shape index (κ3) is 4.45. The maximum Gasteiger partial charge on any atom is 0.253 e. The first-order valence-electron chi connectivity index (χ1n) is 5.35. The summed E-state index contributed by atoms with van der Waals surface area (Å²) in [6.45, 7) is 0.565. The minimum absolute atomic E-state index is 0.174. The van der Waals surface area contributed by atoms with Gasteiger partial charge in [-0.05, 0) is 31.0 Å². The van der Waals surface area contributed by atoms with Gasteiger partial charge in [-0.25, -0.2) is 0 Å². The molecule has 0 fully saturated rings. The quantitative estimate of drug-likeness (QED) is 0.647. The molecule has 0 unspecified atom stereocenters. The second-order valence-corrected chi connectivity index (χ2v) is 4.52. The van der Waals surface area contributed by atoms with Gasteiger partial charge in [0, 0.05) is 23.1 Å². The summed E-state index contributed by atoms with van der Waals surface area (Å²) >= 11 is 3.28. The van der Waals surface area contributed by atoms with Gasteiger partial charge in [-0.3, -0.25) is 4.79 Å². The number of unbranched alkanes of at least 4 members (excludes halogenated alkanes) is 2. The highest BCUT2D eigenvalue weighted by atomic mass is 79.9. The van der Waals surface area contributed by atoms with E-state index in [-0.39, 0.29) is 5.91 Å². The average molecular weight is 296 g/mol. The van der Waals surface area contributed by atoms with Gasteiger partial charge in [0.1, 0.15) is 0 Å². The molecule has 90 valence electrons. The highest BCUT2D eigenvalue weighted by Crippen LogP contribution is 2.18. The molecule has 0 aliphatic carbocycles. The van der Waals surface area contributed by atoms with Crippen molar-refractivity contribution in [3.05, 3.63) is 28.2 Å². The SMILES string of the molecule is N#CCCCCNC(=O)c1ccc(Br)cc1N. The lowest BCUT2D eigenvalue weighted by molar-refractivity contribution is 0.0954. The Balaban J connectivity index is 2.45. The Hall–Kier alpha value is -1.54. The van der Waals surface area contributed by atoms with E-state index in [1.807, 2.05) is 0 Å². The van der Waals surface area contributed by atoms with Crippen molar-refractivity contribution >= 4 is 27.5 Å². The van der Waals surface area contributed by atoms with Gasteiger partial charge in [0.05, 0.1) is 11.6 Å². The number of carbonyl (C=O) groups is 1. The Morgan fingerprint density at radius 1 is 1.47 bits per heavy atom. The number of nitrogen functional groups attached to an aromatic ring is 1. The predicted molar refractivity (Wildman–Crippen MR) is 70.4 cm³/mol. The predicted octanol–water partition coefficient (Wildman–Crippen LogP) is 2.45. The summed E-state index contributed by atoms with van der Waals surface area (Å²) in [7, 11) is 0. The fourth-order valence-electron chi connectivity index (χ4n) is 1.37. The number of halogens is 1. The third-order valence-electron chi connectivity index (χ3n) is 2.26. The van der Waals surface area contributed by atoms with Gasteiger partial charge < -0.3 is 11.1 Å². The second-order valence-electron chi connectivity index (χ2n) is 3.60. The van der Waals surface area contributed by atoms with Crippen molar-refractivity contribution < 1.29 is 4.79 Å². The Bertz CT molecular complexity index is 440. The molecule has 0 aliphatic heterocycles. The van der Waals surface area contributed by atoms with E-state index in [0.29, 0.717) is 24.2 Å². The summed E-state index contributed by atoms with van der Waals surface area (Å²) in [5.74, 6) is -0.174. The minimum atomic E-state index is -0.174. The highest BCUT2D eigenvalue weighted by molar-refractivity contribution is 9.10. The number of hydrogen-bond donors (Lipinski definition) is 2. The van der Waals surface area contributed by atoms with Crippen LogP contribution in [0.4, 0.5) is 5.69 Å². The molecule has 1 aromatic rings. The van der Waals surface area contributed by atoms with Gasteiger partial charge in [-0.15, -0.1) is 0 Å². The summed E-state index contributed by atoms with van der Waals surface area (Å²) < 4.78 is 0.848. The van der Waals surface area contributed by atoms with E-state index in [1.54, 1.807) is 18.2 Å². The molecule has 1 amide bonds. The van der Waals surface area contributed by atoms with Crippen LogP contribution in [0, 0.1) is 11.3 Å². The van der Waals surface area contributed by atoms with E-state index >= 15 is 0 Å². The molecule has 0 saturated carbocycles. The fraction of sp³-hybridized carbons (Fsp3) is 0.333. The Morgan fingerprint density at radius 3 is 2.88 bits per heavy atom. The van der Waals surface area contributed by atoms with Crippen LogP contribution in [0.25, 0.3) is 0 Å². The van der Waals surface area contributed by atoms with Crippen molar-refractivity contribution in [2.45, 2.75) is 19.3 Å². The lowest BCUT2D eigenvalue weighted by Crippen LogP contribution is -2.25. The number of hydrogen-bond acceptors (Lipinski definition) is 3. The molecule has 1 rings (SSSR count). The van der Waals surface area contributed by atoms with E-state index in [0.717, 1.165) is 17.3 Å². The molecule has 0 aromatic heterocycles. The molecular formula is C12H14BrN3O. The van der Waals surface area contributed by atoms with Crippen LogP contribution >= 0.6 is 15.9 Å². The molecule has 0 bridgehead atoms. The van der Waals surface area contributed by atoms with Gasteiger partial charge >= 0.3 is 0 Å². The molecule has 3 N–H and O–H groups in total. The standard InChI is InChI=1S/C12H14BrN3O/c13-9-4-5-10(11(15)8-9)12(17)16-7-3-1-2-6-14/h4-5,8H,1-3,7,15H2,(H,16,17). The maximum absolute atomic E-state index is 11.7. The largest absolute Gasteiger partial charge is 0.398 e. The summed E-state index contributed by atoms with van der Waals surface area (Å²) in [6, 6.07) is 7.23. The molecule has 4 nitrogen and oxygen atoms in total. The van der Waals surface area contributed by atoms with Crippen LogP contribution < -0.4 is 11.1 Å². The van der Waals surface area contributed by atoms with E-state index in [4.69, 9.17) is 11.0 Å². The lowest BCUT2D eigenvalue weighted by Gasteiger charge is -2.07. The zero-order valence-corrected chi connectivity index (χ0v) is 11.0. The monoisotopic (exact) mass is 295 g/mol. The third-order valence-corrected chi connectivity index (χ3v) is 2.75.